The van der Waals surface area contributed by atoms with Gasteiger partial charge in [0.25, 0.3) is 0 Å². The fraction of sp³-hybridized carbons (Fsp3) is 0.720. The summed E-state index contributed by atoms with van der Waals surface area (Å²) in [4.78, 5) is 38.3. The maximum absolute atomic E-state index is 13.1. The van der Waals surface area contributed by atoms with E-state index in [0.29, 0.717) is 18.4 Å². The van der Waals surface area contributed by atoms with Gasteiger partial charge in [0, 0.05) is 35.2 Å². The number of ether oxygens (including phenoxy) is 2. The van der Waals surface area contributed by atoms with E-state index in [1.165, 1.54) is 0 Å². The van der Waals surface area contributed by atoms with Crippen LogP contribution >= 0.6 is 0 Å². The summed E-state index contributed by atoms with van der Waals surface area (Å²) in [5.41, 5.74) is 0.725. The smallest absolute Gasteiger partial charge is 0.333 e. The molecule has 0 aliphatic heterocycles. The second-order valence-corrected chi connectivity index (χ2v) is 10.6. The van der Waals surface area contributed by atoms with Crippen LogP contribution in [0, 0.1) is 34.5 Å². The van der Waals surface area contributed by atoms with Crippen molar-refractivity contribution in [3.8, 4) is 0 Å². The number of allylic oxidation sites excluding steroid dienone is 3. The molecule has 0 unspecified atom stereocenters. The molecule has 4 rings (SSSR count). The summed E-state index contributed by atoms with van der Waals surface area (Å²) in [5.74, 6) is -0.315. The Hall–Kier alpha value is -1.91. The van der Waals surface area contributed by atoms with Gasteiger partial charge in [0.2, 0.25) is 0 Å². The molecule has 0 saturated heterocycles. The average molecular weight is 417 g/mol. The molecule has 5 heteroatoms. The topological polar surface area (TPSA) is 69.7 Å². The van der Waals surface area contributed by atoms with E-state index >= 15 is 0 Å². The van der Waals surface area contributed by atoms with E-state index in [2.05, 4.69) is 20.8 Å². The SMILES string of the molecule is C/C=C(/C)C(=O)O[C@@H]1C[C@@H](OC(=O)CC(C)C)[C@@]2(C)[C@@H]3C(=O)C=C(C)[C@@H]2[C@@H]3C1(C)C. The lowest BCUT2D eigenvalue weighted by Gasteiger charge is -2.65. The highest BCUT2D eigenvalue weighted by Gasteiger charge is 2.74. The highest BCUT2D eigenvalue weighted by Crippen LogP contribution is 2.72. The van der Waals surface area contributed by atoms with Crippen molar-refractivity contribution in [2.45, 2.75) is 80.4 Å². The molecule has 5 nitrogen and oxygen atoms in total. The number of hydrogen-bond donors (Lipinski definition) is 0. The predicted octanol–water partition coefficient (Wildman–Crippen LogP) is 4.65. The monoisotopic (exact) mass is 416 g/mol. The van der Waals surface area contributed by atoms with Gasteiger partial charge in [-0.15, -0.1) is 0 Å². The number of fused-ring (bicyclic) bond motifs is 3. The quantitative estimate of drug-likeness (QED) is 0.482. The summed E-state index contributed by atoms with van der Waals surface area (Å²) in [6, 6.07) is 0. The van der Waals surface area contributed by atoms with Crippen LogP contribution in [0.15, 0.2) is 23.3 Å². The zero-order chi connectivity index (χ0) is 22.6. The maximum atomic E-state index is 13.1. The van der Waals surface area contributed by atoms with Gasteiger partial charge >= 0.3 is 11.9 Å². The first-order valence-corrected chi connectivity index (χ1v) is 11.1. The van der Waals surface area contributed by atoms with Crippen molar-refractivity contribution < 1.29 is 23.9 Å². The lowest BCUT2D eigenvalue weighted by Crippen LogP contribution is -2.67. The van der Waals surface area contributed by atoms with Crippen molar-refractivity contribution in [1.82, 2.24) is 0 Å². The molecule has 4 aliphatic carbocycles. The van der Waals surface area contributed by atoms with Crippen LogP contribution in [0.3, 0.4) is 0 Å². The normalized spacial score (nSPS) is 37.1. The van der Waals surface area contributed by atoms with Crippen LogP contribution < -0.4 is 0 Å². The summed E-state index contributed by atoms with van der Waals surface area (Å²) >= 11 is 0. The number of rotatable bonds is 5. The van der Waals surface area contributed by atoms with Crippen LogP contribution in [0.2, 0.25) is 0 Å². The molecular formula is C25H36O5. The van der Waals surface area contributed by atoms with E-state index in [0.717, 1.165) is 5.57 Å². The molecule has 3 saturated carbocycles. The number of carbonyl (C=O) groups excluding carboxylic acids is 3. The van der Waals surface area contributed by atoms with Gasteiger partial charge in [-0.05, 0) is 44.6 Å². The van der Waals surface area contributed by atoms with Gasteiger partial charge in [-0.1, -0.05) is 46.3 Å². The lowest BCUT2D eigenvalue weighted by molar-refractivity contribution is -0.204. The van der Waals surface area contributed by atoms with Crippen molar-refractivity contribution in [1.29, 1.82) is 0 Å². The molecule has 0 radical (unpaired) electrons. The van der Waals surface area contributed by atoms with E-state index in [9.17, 15) is 14.4 Å². The van der Waals surface area contributed by atoms with Gasteiger partial charge in [-0.25, -0.2) is 4.79 Å². The van der Waals surface area contributed by atoms with Crippen LogP contribution in [-0.4, -0.2) is 29.9 Å². The van der Waals surface area contributed by atoms with E-state index in [1.807, 2.05) is 20.8 Å². The van der Waals surface area contributed by atoms with Crippen LogP contribution in [0.4, 0.5) is 0 Å². The number of esters is 2. The summed E-state index contributed by atoms with van der Waals surface area (Å²) in [7, 11) is 0. The van der Waals surface area contributed by atoms with Gasteiger partial charge in [0.05, 0.1) is 0 Å². The molecule has 0 N–H and O–H groups in total. The maximum Gasteiger partial charge on any atom is 0.333 e. The van der Waals surface area contributed by atoms with Crippen LogP contribution in [-0.2, 0) is 23.9 Å². The summed E-state index contributed by atoms with van der Waals surface area (Å²) < 4.78 is 12.0. The Morgan fingerprint density at radius 1 is 1.17 bits per heavy atom. The molecule has 0 aromatic heterocycles. The highest BCUT2D eigenvalue weighted by molar-refractivity contribution is 5.97. The standard InChI is InChI=1S/C25H36O5/c1-9-14(4)23(28)30-17-12-18(29-19(27)10-13(2)3)25(8)20-15(5)11-16(26)21(25)22(20)24(17,6)7/h9,11,13,17-18,20-22H,10,12H2,1-8H3/b14-9-/t17-,18-,20-,21-,22+,25-/m1/s1. The molecule has 0 amide bonds. The second-order valence-electron chi connectivity index (χ2n) is 10.6. The minimum absolute atomic E-state index is 0.0671. The second kappa shape index (κ2) is 7.65. The van der Waals surface area contributed by atoms with E-state index in [4.69, 9.17) is 9.47 Å². The molecule has 30 heavy (non-hydrogen) atoms. The molecule has 0 aromatic rings. The lowest BCUT2D eigenvalue weighted by atomic mass is 9.37. The first kappa shape index (κ1) is 22.8. The van der Waals surface area contributed by atoms with Gasteiger partial charge in [-0.3, -0.25) is 9.59 Å². The Morgan fingerprint density at radius 3 is 2.33 bits per heavy atom. The zero-order valence-corrected chi connectivity index (χ0v) is 19.6. The molecular weight excluding hydrogens is 380 g/mol. The number of carbonyl (C=O) groups is 3. The number of ketones is 1. The van der Waals surface area contributed by atoms with Crippen molar-refractivity contribution in [2.24, 2.45) is 34.5 Å². The summed E-state index contributed by atoms with van der Waals surface area (Å²) in [5, 5.41) is 0. The molecule has 0 heterocycles. The van der Waals surface area contributed by atoms with Crippen molar-refractivity contribution in [2.75, 3.05) is 0 Å². The third kappa shape index (κ3) is 3.34. The van der Waals surface area contributed by atoms with E-state index in [1.54, 1.807) is 26.0 Å². The minimum Gasteiger partial charge on any atom is -0.462 e. The fourth-order valence-corrected chi connectivity index (χ4v) is 6.18. The Balaban J connectivity index is 2.02. The van der Waals surface area contributed by atoms with Gasteiger partial charge in [0.15, 0.2) is 5.78 Å². The van der Waals surface area contributed by atoms with Crippen molar-refractivity contribution >= 4 is 17.7 Å². The molecule has 6 atom stereocenters. The van der Waals surface area contributed by atoms with Gasteiger partial charge in [0.1, 0.15) is 12.2 Å². The molecule has 0 spiro atoms. The van der Waals surface area contributed by atoms with Crippen molar-refractivity contribution in [3.05, 3.63) is 23.3 Å². The fourth-order valence-electron chi connectivity index (χ4n) is 6.18. The van der Waals surface area contributed by atoms with Crippen LogP contribution in [0.5, 0.6) is 0 Å². The van der Waals surface area contributed by atoms with E-state index in [-0.39, 0.29) is 41.4 Å². The Bertz CT molecular complexity index is 817. The Kier molecular flexibility index (Phi) is 5.81. The predicted molar refractivity (Wildman–Crippen MR) is 114 cm³/mol. The third-order valence-electron chi connectivity index (χ3n) is 7.89. The summed E-state index contributed by atoms with van der Waals surface area (Å²) in [6.45, 7) is 15.8. The molecule has 166 valence electrons. The minimum atomic E-state index is -0.465. The van der Waals surface area contributed by atoms with Crippen LogP contribution in [0.25, 0.3) is 0 Å². The van der Waals surface area contributed by atoms with Crippen LogP contribution in [0.1, 0.15) is 68.2 Å². The number of hydrogen-bond acceptors (Lipinski definition) is 5. The first-order chi connectivity index (χ1) is 13.8. The van der Waals surface area contributed by atoms with Gasteiger partial charge < -0.3 is 9.47 Å². The Morgan fingerprint density at radius 2 is 1.80 bits per heavy atom. The van der Waals surface area contributed by atoms with E-state index < -0.39 is 23.0 Å². The molecule has 4 bridgehead atoms. The highest BCUT2D eigenvalue weighted by atomic mass is 16.6. The Labute approximate surface area is 180 Å². The molecule has 4 aliphatic rings. The molecule has 3 fully saturated rings. The van der Waals surface area contributed by atoms with Gasteiger partial charge in [-0.2, -0.15) is 0 Å². The molecule has 0 aromatic carbocycles. The average Bonchev–Trinajstić information content (AvgIpc) is 2.72. The largest absolute Gasteiger partial charge is 0.462 e. The first-order valence-electron chi connectivity index (χ1n) is 11.1. The summed E-state index contributed by atoms with van der Waals surface area (Å²) in [6.07, 6.45) is 3.34. The van der Waals surface area contributed by atoms with Crippen molar-refractivity contribution in [3.63, 3.8) is 0 Å². The third-order valence-corrected chi connectivity index (χ3v) is 7.89. The zero-order valence-electron chi connectivity index (χ0n) is 19.6.